The molecule has 2 N–H and O–H groups in total. The number of anilines is 1. The Morgan fingerprint density at radius 2 is 1.73 bits per heavy atom. The first-order valence-corrected chi connectivity index (χ1v) is 4.51. The zero-order valence-electron chi connectivity index (χ0n) is 8.12. The van der Waals surface area contributed by atoms with Crippen LogP contribution in [0.25, 0.3) is 10.8 Å². The first-order chi connectivity index (χ1) is 7.26. The molecule has 2 aromatic carbocycles. The van der Waals surface area contributed by atoms with Crippen LogP contribution < -0.4 is 5.73 Å². The lowest BCUT2D eigenvalue weighted by molar-refractivity contribution is 1.66. The van der Waals surface area contributed by atoms with Gasteiger partial charge in [0.25, 0.3) is 0 Å². The van der Waals surface area contributed by atoms with E-state index in [4.69, 9.17) is 18.6 Å². The van der Waals surface area contributed by atoms with Gasteiger partial charge < -0.3 is 5.73 Å². The summed E-state index contributed by atoms with van der Waals surface area (Å²) in [7, 11) is 0. The Kier molecular flexibility index (Phi) is 2.08. The van der Waals surface area contributed by atoms with Gasteiger partial charge in [0.15, 0.2) is 0 Å². The molecule has 0 aliphatic rings. The number of fused-ring (bicyclic) bond motifs is 1. The van der Waals surface area contributed by atoms with Gasteiger partial charge in [0, 0.05) is 22.2 Å². The second-order valence-electron chi connectivity index (χ2n) is 3.26. The van der Waals surface area contributed by atoms with Crippen LogP contribution in [0, 0.1) is 24.7 Å². The molecular weight excluding hydrogens is 182 g/mol. The van der Waals surface area contributed by atoms with Crippen molar-refractivity contribution in [2.45, 2.75) is 0 Å². The Morgan fingerprint density at radius 1 is 1.00 bits per heavy atom. The molecule has 0 amide bonds. The summed E-state index contributed by atoms with van der Waals surface area (Å²) in [4.78, 5) is 0. The van der Waals surface area contributed by atoms with Crippen LogP contribution in [0.4, 0.5) is 5.69 Å². The van der Waals surface area contributed by atoms with Crippen LogP contribution in [0.15, 0.2) is 30.3 Å². The smallest absolute Gasteiger partial charge is 0.0354 e. The molecule has 1 nitrogen and oxygen atoms in total. The van der Waals surface area contributed by atoms with Crippen LogP contribution in [0.3, 0.4) is 0 Å². The molecule has 0 unspecified atom stereocenters. The summed E-state index contributed by atoms with van der Waals surface area (Å²) >= 11 is 0. The van der Waals surface area contributed by atoms with Crippen molar-refractivity contribution in [3.8, 4) is 24.7 Å². The molecule has 0 fully saturated rings. The third-order valence-electron chi connectivity index (χ3n) is 2.31. The minimum atomic E-state index is 0.657. The summed E-state index contributed by atoms with van der Waals surface area (Å²) in [5, 5.41) is 1.91. The highest BCUT2D eigenvalue weighted by Gasteiger charge is 2.04. The average molecular weight is 191 g/mol. The number of benzene rings is 2. The molecule has 0 aliphatic carbocycles. The SMILES string of the molecule is C#Cc1cccc2cc(N)cc(C#C)c12. The van der Waals surface area contributed by atoms with Gasteiger partial charge in [-0.1, -0.05) is 24.0 Å². The predicted molar refractivity (Wildman–Crippen MR) is 64.2 cm³/mol. The van der Waals surface area contributed by atoms with Crippen LogP contribution in [-0.2, 0) is 0 Å². The van der Waals surface area contributed by atoms with Crippen molar-refractivity contribution in [1.82, 2.24) is 0 Å². The maximum atomic E-state index is 5.74. The topological polar surface area (TPSA) is 26.0 Å². The van der Waals surface area contributed by atoms with Gasteiger partial charge in [0.05, 0.1) is 0 Å². The molecule has 2 rings (SSSR count). The molecule has 70 valence electrons. The molecule has 1 heteroatoms. The van der Waals surface area contributed by atoms with E-state index in [1.807, 2.05) is 24.3 Å². The Hall–Kier alpha value is -2.38. The van der Waals surface area contributed by atoms with Crippen LogP contribution in [0.2, 0.25) is 0 Å². The Labute approximate surface area is 88.9 Å². The molecule has 15 heavy (non-hydrogen) atoms. The minimum absolute atomic E-state index is 0.657. The fraction of sp³-hybridized carbons (Fsp3) is 0. The van der Waals surface area contributed by atoms with Crippen molar-refractivity contribution in [2.24, 2.45) is 0 Å². The van der Waals surface area contributed by atoms with Gasteiger partial charge >= 0.3 is 0 Å². The number of terminal acetylenes is 2. The van der Waals surface area contributed by atoms with Crippen molar-refractivity contribution in [3.05, 3.63) is 41.5 Å². The monoisotopic (exact) mass is 191 g/mol. The lowest BCUT2D eigenvalue weighted by atomic mass is 9.99. The van der Waals surface area contributed by atoms with Gasteiger partial charge in [-0.15, -0.1) is 12.8 Å². The van der Waals surface area contributed by atoms with Gasteiger partial charge in [-0.3, -0.25) is 0 Å². The second kappa shape index (κ2) is 3.40. The highest BCUT2D eigenvalue weighted by atomic mass is 14.5. The summed E-state index contributed by atoms with van der Waals surface area (Å²) in [6, 6.07) is 9.37. The van der Waals surface area contributed by atoms with Gasteiger partial charge in [0.2, 0.25) is 0 Å². The van der Waals surface area contributed by atoms with E-state index < -0.39 is 0 Å². The zero-order valence-corrected chi connectivity index (χ0v) is 8.12. The molecule has 2 aromatic rings. The number of nitrogens with two attached hydrogens (primary N) is 1. The van der Waals surface area contributed by atoms with Gasteiger partial charge in [-0.2, -0.15) is 0 Å². The van der Waals surface area contributed by atoms with Gasteiger partial charge in [-0.05, 0) is 23.6 Å². The maximum Gasteiger partial charge on any atom is 0.0354 e. The van der Waals surface area contributed by atoms with Crippen LogP contribution >= 0.6 is 0 Å². The molecule has 0 heterocycles. The van der Waals surface area contributed by atoms with Gasteiger partial charge in [-0.25, -0.2) is 0 Å². The number of hydrogen-bond acceptors (Lipinski definition) is 1. The normalized spacial score (nSPS) is 9.47. The first kappa shape index (κ1) is 9.19. The van der Waals surface area contributed by atoms with Crippen molar-refractivity contribution < 1.29 is 0 Å². The van der Waals surface area contributed by atoms with Crippen molar-refractivity contribution >= 4 is 16.5 Å². The molecule has 0 radical (unpaired) electrons. The molecule has 0 spiro atoms. The van der Waals surface area contributed by atoms with Crippen molar-refractivity contribution in [3.63, 3.8) is 0 Å². The summed E-state index contributed by atoms with van der Waals surface area (Å²) < 4.78 is 0. The second-order valence-corrected chi connectivity index (χ2v) is 3.26. The maximum absolute atomic E-state index is 5.74. The minimum Gasteiger partial charge on any atom is -0.399 e. The molecule has 0 saturated heterocycles. The molecule has 0 atom stereocenters. The number of rotatable bonds is 0. The van der Waals surface area contributed by atoms with E-state index in [-0.39, 0.29) is 0 Å². The Bertz CT molecular complexity index is 609. The van der Waals surface area contributed by atoms with Crippen LogP contribution in [-0.4, -0.2) is 0 Å². The largest absolute Gasteiger partial charge is 0.399 e. The van der Waals surface area contributed by atoms with Gasteiger partial charge in [0.1, 0.15) is 0 Å². The molecule has 0 aliphatic heterocycles. The third-order valence-corrected chi connectivity index (χ3v) is 2.31. The lowest BCUT2D eigenvalue weighted by Gasteiger charge is -2.05. The molecule has 0 bridgehead atoms. The summed E-state index contributed by atoms with van der Waals surface area (Å²) in [6.45, 7) is 0. The Morgan fingerprint density at radius 3 is 2.40 bits per heavy atom. The highest BCUT2D eigenvalue weighted by Crippen LogP contribution is 2.24. The van der Waals surface area contributed by atoms with E-state index in [1.54, 1.807) is 6.07 Å². The fourth-order valence-electron chi connectivity index (χ4n) is 1.69. The number of hydrogen-bond donors (Lipinski definition) is 1. The van der Waals surface area contributed by atoms with E-state index in [0.29, 0.717) is 5.69 Å². The summed E-state index contributed by atoms with van der Waals surface area (Å²) in [6.07, 6.45) is 10.9. The van der Waals surface area contributed by atoms with E-state index in [0.717, 1.165) is 21.9 Å². The molecule has 0 aromatic heterocycles. The number of nitrogen functional groups attached to an aromatic ring is 1. The first-order valence-electron chi connectivity index (χ1n) is 4.51. The van der Waals surface area contributed by atoms with E-state index in [1.165, 1.54) is 0 Å². The fourth-order valence-corrected chi connectivity index (χ4v) is 1.69. The van der Waals surface area contributed by atoms with Crippen molar-refractivity contribution in [1.29, 1.82) is 0 Å². The van der Waals surface area contributed by atoms with Crippen molar-refractivity contribution in [2.75, 3.05) is 5.73 Å². The van der Waals surface area contributed by atoms with Crippen LogP contribution in [0.1, 0.15) is 11.1 Å². The van der Waals surface area contributed by atoms with E-state index in [2.05, 4.69) is 11.8 Å². The Balaban J connectivity index is 3.00. The zero-order chi connectivity index (χ0) is 10.8. The quantitative estimate of drug-likeness (QED) is 0.502. The lowest BCUT2D eigenvalue weighted by Crippen LogP contribution is -1.90. The summed E-state index contributed by atoms with van der Waals surface area (Å²) in [5.74, 6) is 5.24. The van der Waals surface area contributed by atoms with E-state index in [9.17, 15) is 0 Å². The predicted octanol–water partition coefficient (Wildman–Crippen LogP) is 2.38. The average Bonchev–Trinajstić information content (AvgIpc) is 2.26. The van der Waals surface area contributed by atoms with E-state index >= 15 is 0 Å². The third kappa shape index (κ3) is 1.41. The van der Waals surface area contributed by atoms with Crippen LogP contribution in [0.5, 0.6) is 0 Å². The molecular formula is C14H9N. The summed E-state index contributed by atoms with van der Waals surface area (Å²) in [5.41, 5.74) is 7.96. The highest BCUT2D eigenvalue weighted by molar-refractivity contribution is 5.95. The molecule has 0 saturated carbocycles. The standard InChI is InChI=1S/C14H9N/c1-3-10-6-5-7-12-9-13(15)8-11(4-2)14(10)12/h1-2,5-9H,15H2.